The lowest BCUT2D eigenvalue weighted by Crippen LogP contribution is -2.63. The van der Waals surface area contributed by atoms with Crippen molar-refractivity contribution in [2.75, 3.05) is 51.7 Å². The molecule has 0 spiro atoms. The normalized spacial score (nSPS) is 18.5. The van der Waals surface area contributed by atoms with Crippen LogP contribution in [0.15, 0.2) is 30.3 Å². The van der Waals surface area contributed by atoms with Crippen LogP contribution in [0.1, 0.15) is 51.0 Å². The SMILES string of the molecule is COc1cc2nc(N3CCN(C(=O)COc4c(OC)cccc4C(C)C)[C@H]4CCCC[C@H]43)nc(N)c2cc1OC.Cl. The molecule has 1 amide bonds. The molecule has 10 nitrogen and oxygen atoms in total. The summed E-state index contributed by atoms with van der Waals surface area (Å²) >= 11 is 0. The third kappa shape index (κ3) is 5.88. The standard InChI is InChI=1S/C30H39N5O5.ClH/c1-18(2)19-9-8-12-24(37-3)28(19)40-17-27(36)34-13-14-35(23-11-7-6-10-22(23)34)30-32-21-16-26(39-5)25(38-4)15-20(21)29(31)33-30;/h8-9,12,15-16,18,22-23H,6-7,10-11,13-14,17H2,1-5H3,(H2,31,32,33);1H/t22-,23+;/m0./s1. The summed E-state index contributed by atoms with van der Waals surface area (Å²) in [4.78, 5) is 27.4. The fourth-order valence-corrected chi connectivity index (χ4v) is 6.04. The summed E-state index contributed by atoms with van der Waals surface area (Å²) in [7, 11) is 4.80. The van der Waals surface area contributed by atoms with E-state index in [4.69, 9.17) is 34.6 Å². The van der Waals surface area contributed by atoms with E-state index in [1.165, 1.54) is 0 Å². The summed E-state index contributed by atoms with van der Waals surface area (Å²) < 4.78 is 22.6. The van der Waals surface area contributed by atoms with Crippen LogP contribution in [0.5, 0.6) is 23.0 Å². The van der Waals surface area contributed by atoms with Crippen molar-refractivity contribution in [1.29, 1.82) is 0 Å². The molecule has 222 valence electrons. The number of halogens is 1. The molecule has 2 aliphatic rings. The van der Waals surface area contributed by atoms with E-state index in [0.717, 1.165) is 31.2 Å². The Morgan fingerprint density at radius 2 is 1.66 bits per heavy atom. The van der Waals surface area contributed by atoms with Crippen molar-refractivity contribution < 1.29 is 23.7 Å². The van der Waals surface area contributed by atoms with Gasteiger partial charge in [-0.15, -0.1) is 12.4 Å². The van der Waals surface area contributed by atoms with Gasteiger partial charge in [-0.2, -0.15) is 4.98 Å². The smallest absolute Gasteiger partial charge is 0.260 e. The van der Waals surface area contributed by atoms with E-state index in [9.17, 15) is 4.79 Å². The fourth-order valence-electron chi connectivity index (χ4n) is 6.04. The van der Waals surface area contributed by atoms with Crippen LogP contribution in [-0.4, -0.2) is 73.9 Å². The van der Waals surface area contributed by atoms with Crippen LogP contribution in [0.25, 0.3) is 10.9 Å². The first-order valence-corrected chi connectivity index (χ1v) is 13.9. The lowest BCUT2D eigenvalue weighted by molar-refractivity contribution is -0.137. The number of rotatable bonds is 8. The second-order valence-corrected chi connectivity index (χ2v) is 10.7. The van der Waals surface area contributed by atoms with Crippen LogP contribution >= 0.6 is 12.4 Å². The average Bonchev–Trinajstić information content (AvgIpc) is 2.98. The molecule has 2 fully saturated rings. The minimum atomic E-state index is -0.0373. The van der Waals surface area contributed by atoms with Crippen molar-refractivity contribution in [3.05, 3.63) is 35.9 Å². The number of nitrogen functional groups attached to an aromatic ring is 1. The summed E-state index contributed by atoms with van der Waals surface area (Å²) in [6.45, 7) is 5.33. The minimum absolute atomic E-state index is 0. The molecule has 2 aromatic carbocycles. The molecule has 1 saturated carbocycles. The van der Waals surface area contributed by atoms with Gasteiger partial charge >= 0.3 is 0 Å². The first kappa shape index (κ1) is 30.3. The van der Waals surface area contributed by atoms with Gasteiger partial charge in [-0.05, 0) is 30.9 Å². The highest BCUT2D eigenvalue weighted by molar-refractivity contribution is 5.92. The molecule has 3 aromatic rings. The molecule has 1 saturated heterocycles. The Hall–Kier alpha value is -3.66. The number of nitrogens with two attached hydrogens (primary N) is 1. The first-order valence-electron chi connectivity index (χ1n) is 13.9. The van der Waals surface area contributed by atoms with Gasteiger partial charge in [0.15, 0.2) is 29.6 Å². The summed E-state index contributed by atoms with van der Waals surface area (Å²) in [6.07, 6.45) is 4.03. The van der Waals surface area contributed by atoms with Crippen LogP contribution in [0.3, 0.4) is 0 Å². The molecule has 0 bridgehead atoms. The number of hydrogen-bond donors (Lipinski definition) is 1. The van der Waals surface area contributed by atoms with E-state index in [2.05, 4.69) is 18.7 Å². The van der Waals surface area contributed by atoms with Gasteiger partial charge in [-0.1, -0.05) is 38.8 Å². The third-order valence-electron chi connectivity index (χ3n) is 8.06. The highest BCUT2D eigenvalue weighted by Gasteiger charge is 2.41. The number of piperazine rings is 1. The van der Waals surface area contributed by atoms with Crippen molar-refractivity contribution in [1.82, 2.24) is 14.9 Å². The van der Waals surface area contributed by atoms with Crippen LogP contribution in [0.2, 0.25) is 0 Å². The molecule has 1 aliphatic heterocycles. The molecule has 2 atom stereocenters. The molecular formula is C30H40ClN5O5. The van der Waals surface area contributed by atoms with Crippen LogP contribution in [-0.2, 0) is 4.79 Å². The lowest BCUT2D eigenvalue weighted by Gasteiger charge is -2.49. The quantitative estimate of drug-likeness (QED) is 0.397. The average molecular weight is 586 g/mol. The van der Waals surface area contributed by atoms with Gasteiger partial charge in [0.1, 0.15) is 5.82 Å². The van der Waals surface area contributed by atoms with Crippen molar-refractivity contribution in [2.45, 2.75) is 57.5 Å². The maximum Gasteiger partial charge on any atom is 0.260 e. The van der Waals surface area contributed by atoms with Gasteiger partial charge < -0.3 is 34.5 Å². The highest BCUT2D eigenvalue weighted by Crippen LogP contribution is 2.38. The third-order valence-corrected chi connectivity index (χ3v) is 8.06. The number of carbonyl (C=O) groups is 1. The van der Waals surface area contributed by atoms with E-state index in [0.29, 0.717) is 58.8 Å². The summed E-state index contributed by atoms with van der Waals surface area (Å²) in [5.41, 5.74) is 8.12. The Balaban J connectivity index is 0.00000387. The van der Waals surface area contributed by atoms with Gasteiger partial charge in [-0.3, -0.25) is 4.79 Å². The van der Waals surface area contributed by atoms with E-state index < -0.39 is 0 Å². The zero-order valence-corrected chi connectivity index (χ0v) is 25.2. The maximum absolute atomic E-state index is 13.6. The number of carbonyl (C=O) groups excluding carboxylic acids is 1. The number of anilines is 2. The van der Waals surface area contributed by atoms with Gasteiger partial charge in [0.25, 0.3) is 5.91 Å². The van der Waals surface area contributed by atoms with Crippen molar-refractivity contribution >= 4 is 41.0 Å². The predicted octanol–water partition coefficient (Wildman–Crippen LogP) is 4.82. The topological polar surface area (TPSA) is 112 Å². The van der Waals surface area contributed by atoms with Crippen LogP contribution in [0, 0.1) is 0 Å². The number of para-hydroxylation sites is 1. The fraction of sp³-hybridized carbons (Fsp3) is 0.500. The zero-order valence-electron chi connectivity index (χ0n) is 24.4. The number of amides is 1. The molecule has 1 aliphatic carbocycles. The zero-order chi connectivity index (χ0) is 28.4. The number of nitrogens with zero attached hydrogens (tertiary/aromatic N) is 4. The Labute approximate surface area is 247 Å². The van der Waals surface area contributed by atoms with Gasteiger partial charge in [0, 0.05) is 30.1 Å². The Kier molecular flexibility index (Phi) is 9.53. The molecule has 5 rings (SSSR count). The number of aromatic nitrogens is 2. The highest BCUT2D eigenvalue weighted by atomic mass is 35.5. The second kappa shape index (κ2) is 12.9. The van der Waals surface area contributed by atoms with E-state index in [1.54, 1.807) is 27.4 Å². The summed E-state index contributed by atoms with van der Waals surface area (Å²) in [5, 5.41) is 0.713. The van der Waals surface area contributed by atoms with Crippen LogP contribution in [0.4, 0.5) is 11.8 Å². The molecule has 0 radical (unpaired) electrons. The number of methoxy groups -OCH3 is 3. The van der Waals surface area contributed by atoms with E-state index in [1.807, 2.05) is 29.2 Å². The van der Waals surface area contributed by atoms with E-state index >= 15 is 0 Å². The van der Waals surface area contributed by atoms with Gasteiger partial charge in [0.05, 0.1) is 38.9 Å². The van der Waals surface area contributed by atoms with Crippen LogP contribution < -0.4 is 29.6 Å². The predicted molar refractivity (Wildman–Crippen MR) is 162 cm³/mol. The van der Waals surface area contributed by atoms with Crippen molar-refractivity contribution in [3.63, 3.8) is 0 Å². The monoisotopic (exact) mass is 585 g/mol. The minimum Gasteiger partial charge on any atom is -0.493 e. The number of ether oxygens (including phenoxy) is 4. The molecule has 2 heterocycles. The maximum atomic E-state index is 13.6. The first-order chi connectivity index (χ1) is 19.4. The lowest BCUT2D eigenvalue weighted by atomic mass is 9.86. The molecular weight excluding hydrogens is 546 g/mol. The number of hydrogen-bond acceptors (Lipinski definition) is 9. The molecule has 41 heavy (non-hydrogen) atoms. The van der Waals surface area contributed by atoms with Crippen molar-refractivity contribution in [3.8, 4) is 23.0 Å². The van der Waals surface area contributed by atoms with E-state index in [-0.39, 0.29) is 42.9 Å². The number of fused-ring (bicyclic) bond motifs is 2. The summed E-state index contributed by atoms with van der Waals surface area (Å²) in [5.74, 6) is 3.62. The van der Waals surface area contributed by atoms with Crippen molar-refractivity contribution in [2.24, 2.45) is 0 Å². The Morgan fingerprint density at radius 1 is 0.976 bits per heavy atom. The molecule has 2 N–H and O–H groups in total. The summed E-state index contributed by atoms with van der Waals surface area (Å²) in [6, 6.07) is 9.61. The second-order valence-electron chi connectivity index (χ2n) is 10.7. The largest absolute Gasteiger partial charge is 0.493 e. The molecule has 0 unspecified atom stereocenters. The van der Waals surface area contributed by atoms with Gasteiger partial charge in [-0.25, -0.2) is 4.98 Å². The molecule has 1 aromatic heterocycles. The van der Waals surface area contributed by atoms with Gasteiger partial charge in [0.2, 0.25) is 5.95 Å². The molecule has 11 heteroatoms. The Morgan fingerprint density at radius 3 is 2.34 bits per heavy atom. The number of benzene rings is 2. The Bertz CT molecular complexity index is 1390.